The van der Waals surface area contributed by atoms with Crippen LogP contribution in [0.5, 0.6) is 0 Å². The number of nitrogens with two attached hydrogens (primary N) is 1. The van der Waals surface area contributed by atoms with Gasteiger partial charge in [-0.2, -0.15) is 0 Å². The number of carbonyl (C=O) groups excluding carboxylic acids is 1. The van der Waals surface area contributed by atoms with Gasteiger partial charge in [-0.05, 0) is 24.3 Å². The largest absolute Gasteiger partial charge is 0.452 e. The Bertz CT molecular complexity index is 379. The summed E-state index contributed by atoms with van der Waals surface area (Å²) in [5.74, 6) is 2.39. The molecule has 1 amide bonds. The molecule has 0 saturated carbocycles. The fourth-order valence-corrected chi connectivity index (χ4v) is 1.12. The standard InChI is InChI=1S/C11H12N2O2/c1-3-8-13(11(14)15-2)10-6-4-9(12)5-7-10/h1,4-7H,8,12H2,2H3. The predicted molar refractivity (Wildman–Crippen MR) is 59.4 cm³/mol. The second-order valence-electron chi connectivity index (χ2n) is 2.85. The summed E-state index contributed by atoms with van der Waals surface area (Å²) in [6.45, 7) is 0.163. The van der Waals surface area contributed by atoms with Crippen molar-refractivity contribution in [2.45, 2.75) is 0 Å². The van der Waals surface area contributed by atoms with Crippen molar-refractivity contribution >= 4 is 17.5 Å². The number of hydrogen-bond acceptors (Lipinski definition) is 3. The van der Waals surface area contributed by atoms with Crippen molar-refractivity contribution in [3.63, 3.8) is 0 Å². The van der Waals surface area contributed by atoms with Crippen molar-refractivity contribution in [3.8, 4) is 12.3 Å². The number of terminal acetylenes is 1. The van der Waals surface area contributed by atoms with Crippen molar-refractivity contribution in [1.82, 2.24) is 0 Å². The molecule has 0 atom stereocenters. The Balaban J connectivity index is 2.94. The van der Waals surface area contributed by atoms with Gasteiger partial charge in [0.05, 0.1) is 13.7 Å². The van der Waals surface area contributed by atoms with E-state index in [2.05, 4.69) is 10.7 Å². The zero-order valence-corrected chi connectivity index (χ0v) is 8.43. The smallest absolute Gasteiger partial charge is 0.414 e. The third-order valence-electron chi connectivity index (χ3n) is 1.85. The molecule has 1 rings (SSSR count). The minimum Gasteiger partial charge on any atom is -0.452 e. The normalized spacial score (nSPS) is 9.07. The average molecular weight is 204 g/mol. The van der Waals surface area contributed by atoms with E-state index in [1.165, 1.54) is 12.0 Å². The zero-order valence-electron chi connectivity index (χ0n) is 8.43. The number of benzene rings is 1. The molecule has 0 heterocycles. The van der Waals surface area contributed by atoms with Gasteiger partial charge < -0.3 is 10.5 Å². The number of hydrogen-bond donors (Lipinski definition) is 1. The topological polar surface area (TPSA) is 55.6 Å². The summed E-state index contributed by atoms with van der Waals surface area (Å²) in [6.07, 6.45) is 4.68. The summed E-state index contributed by atoms with van der Waals surface area (Å²) in [6, 6.07) is 6.82. The van der Waals surface area contributed by atoms with Crippen molar-refractivity contribution in [2.75, 3.05) is 24.3 Å². The van der Waals surface area contributed by atoms with Gasteiger partial charge in [-0.15, -0.1) is 6.42 Å². The Morgan fingerprint density at radius 3 is 2.60 bits per heavy atom. The van der Waals surface area contributed by atoms with Crippen molar-refractivity contribution < 1.29 is 9.53 Å². The highest BCUT2D eigenvalue weighted by Gasteiger charge is 2.14. The van der Waals surface area contributed by atoms with E-state index < -0.39 is 6.09 Å². The Kier molecular flexibility index (Phi) is 3.58. The lowest BCUT2D eigenvalue weighted by Gasteiger charge is -2.18. The molecule has 1 aromatic carbocycles. The maximum absolute atomic E-state index is 11.4. The molecule has 4 nitrogen and oxygen atoms in total. The van der Waals surface area contributed by atoms with Crippen LogP contribution in [0.4, 0.5) is 16.2 Å². The van der Waals surface area contributed by atoms with Gasteiger partial charge in [-0.3, -0.25) is 4.90 Å². The number of methoxy groups -OCH3 is 1. The number of nitrogens with zero attached hydrogens (tertiary/aromatic N) is 1. The van der Waals surface area contributed by atoms with Crippen LogP contribution in [-0.2, 0) is 4.74 Å². The van der Waals surface area contributed by atoms with Gasteiger partial charge >= 0.3 is 6.09 Å². The fourth-order valence-electron chi connectivity index (χ4n) is 1.12. The molecular weight excluding hydrogens is 192 g/mol. The van der Waals surface area contributed by atoms with Crippen LogP contribution >= 0.6 is 0 Å². The van der Waals surface area contributed by atoms with E-state index in [0.717, 1.165) is 0 Å². The first-order valence-electron chi connectivity index (χ1n) is 4.33. The number of anilines is 2. The first-order valence-corrected chi connectivity index (χ1v) is 4.33. The molecule has 4 heteroatoms. The summed E-state index contributed by atoms with van der Waals surface area (Å²) >= 11 is 0. The van der Waals surface area contributed by atoms with Crippen LogP contribution in [0.1, 0.15) is 0 Å². The highest BCUT2D eigenvalue weighted by molar-refractivity contribution is 5.88. The lowest BCUT2D eigenvalue weighted by atomic mass is 10.2. The molecule has 0 fully saturated rings. The Morgan fingerprint density at radius 2 is 2.13 bits per heavy atom. The molecule has 78 valence electrons. The maximum atomic E-state index is 11.4. The molecule has 0 bridgehead atoms. The van der Waals surface area contributed by atoms with E-state index in [1.54, 1.807) is 24.3 Å². The molecule has 2 N–H and O–H groups in total. The first-order chi connectivity index (χ1) is 7.19. The summed E-state index contributed by atoms with van der Waals surface area (Å²) in [7, 11) is 1.31. The van der Waals surface area contributed by atoms with Crippen molar-refractivity contribution in [3.05, 3.63) is 24.3 Å². The molecule has 0 aromatic heterocycles. The second kappa shape index (κ2) is 4.91. The lowest BCUT2D eigenvalue weighted by Crippen LogP contribution is -2.30. The molecule has 0 spiro atoms. The van der Waals surface area contributed by atoms with Gasteiger partial charge in [0.2, 0.25) is 0 Å². The van der Waals surface area contributed by atoms with E-state index in [0.29, 0.717) is 11.4 Å². The number of amides is 1. The van der Waals surface area contributed by atoms with Crippen LogP contribution in [0.2, 0.25) is 0 Å². The summed E-state index contributed by atoms with van der Waals surface area (Å²) < 4.78 is 4.61. The van der Waals surface area contributed by atoms with Gasteiger partial charge in [0.25, 0.3) is 0 Å². The lowest BCUT2D eigenvalue weighted by molar-refractivity contribution is 0.179. The van der Waals surface area contributed by atoms with Crippen LogP contribution in [0.3, 0.4) is 0 Å². The van der Waals surface area contributed by atoms with Crippen molar-refractivity contribution in [2.24, 2.45) is 0 Å². The Labute approximate surface area is 88.6 Å². The van der Waals surface area contributed by atoms with Crippen LogP contribution in [0.25, 0.3) is 0 Å². The zero-order chi connectivity index (χ0) is 11.3. The van der Waals surface area contributed by atoms with E-state index in [9.17, 15) is 4.79 Å². The first kappa shape index (κ1) is 10.9. The molecule has 1 aromatic rings. The van der Waals surface area contributed by atoms with E-state index >= 15 is 0 Å². The predicted octanol–water partition coefficient (Wildman–Crippen LogP) is 1.47. The molecule has 0 unspecified atom stereocenters. The minimum absolute atomic E-state index is 0.163. The van der Waals surface area contributed by atoms with E-state index in [4.69, 9.17) is 12.2 Å². The van der Waals surface area contributed by atoms with Crippen molar-refractivity contribution in [1.29, 1.82) is 0 Å². The summed E-state index contributed by atoms with van der Waals surface area (Å²) in [4.78, 5) is 12.7. The monoisotopic (exact) mass is 204 g/mol. The molecule has 0 aliphatic heterocycles. The summed E-state index contributed by atoms with van der Waals surface area (Å²) in [5.41, 5.74) is 6.82. The molecule has 0 saturated heterocycles. The fraction of sp³-hybridized carbons (Fsp3) is 0.182. The van der Waals surface area contributed by atoms with E-state index in [-0.39, 0.29) is 6.54 Å². The van der Waals surface area contributed by atoms with Gasteiger partial charge in [0.1, 0.15) is 0 Å². The quantitative estimate of drug-likeness (QED) is 0.586. The third kappa shape index (κ3) is 2.64. The molecule has 0 aliphatic carbocycles. The SMILES string of the molecule is C#CCN(C(=O)OC)c1ccc(N)cc1. The molecule has 15 heavy (non-hydrogen) atoms. The van der Waals surface area contributed by atoms with Crippen LogP contribution in [-0.4, -0.2) is 19.7 Å². The Hall–Kier alpha value is -2.15. The Morgan fingerprint density at radius 1 is 1.53 bits per heavy atom. The van der Waals surface area contributed by atoms with Gasteiger partial charge in [0.15, 0.2) is 0 Å². The van der Waals surface area contributed by atoms with Crippen LogP contribution in [0, 0.1) is 12.3 Å². The number of rotatable bonds is 2. The maximum Gasteiger partial charge on any atom is 0.414 e. The van der Waals surface area contributed by atoms with Gasteiger partial charge in [-0.1, -0.05) is 5.92 Å². The van der Waals surface area contributed by atoms with Crippen LogP contribution in [0.15, 0.2) is 24.3 Å². The molecular formula is C11H12N2O2. The third-order valence-corrected chi connectivity index (χ3v) is 1.85. The van der Waals surface area contributed by atoms with E-state index in [1.807, 2.05) is 0 Å². The summed E-state index contributed by atoms with van der Waals surface area (Å²) in [5, 5.41) is 0. The number of ether oxygens (including phenoxy) is 1. The highest BCUT2D eigenvalue weighted by Crippen LogP contribution is 2.16. The highest BCUT2D eigenvalue weighted by atomic mass is 16.5. The molecule has 0 aliphatic rings. The molecule has 0 radical (unpaired) electrons. The number of nitrogen functional groups attached to an aromatic ring is 1. The second-order valence-corrected chi connectivity index (χ2v) is 2.85. The number of carbonyl (C=O) groups is 1. The van der Waals surface area contributed by atoms with Gasteiger partial charge in [-0.25, -0.2) is 4.79 Å². The van der Waals surface area contributed by atoms with Gasteiger partial charge in [0, 0.05) is 11.4 Å². The average Bonchev–Trinajstić information content (AvgIpc) is 2.26. The van der Waals surface area contributed by atoms with Crippen LogP contribution < -0.4 is 10.6 Å². The minimum atomic E-state index is -0.488.